The van der Waals surface area contributed by atoms with Crippen molar-refractivity contribution >= 4 is 28.1 Å². The Labute approximate surface area is 187 Å². The standard InChI is InChI=1S/C30H21NO/c1-20-17-18-24-27(22-13-7-3-8-14-22)25(21-11-5-2-6-12-21)19-26-28(24)29(20)31(30(26)32)23-15-9-4-10-16-23/h2-19H,1H3. The van der Waals surface area contributed by atoms with Gasteiger partial charge in [0.2, 0.25) is 0 Å². The van der Waals surface area contributed by atoms with Crippen LogP contribution in [-0.2, 0) is 0 Å². The average Bonchev–Trinajstić information content (AvgIpc) is 3.16. The number of benzene rings is 5. The first kappa shape index (κ1) is 18.6. The minimum absolute atomic E-state index is 0.0299. The number of nitrogens with zero attached hydrogens (tertiary/aromatic N) is 1. The molecule has 0 spiro atoms. The molecule has 0 fully saturated rings. The lowest BCUT2D eigenvalue weighted by molar-refractivity contribution is 0.100. The molecule has 0 radical (unpaired) electrons. The van der Waals surface area contributed by atoms with E-state index >= 15 is 0 Å². The van der Waals surface area contributed by atoms with E-state index in [1.54, 1.807) is 0 Å². The van der Waals surface area contributed by atoms with Crippen molar-refractivity contribution in [1.82, 2.24) is 0 Å². The van der Waals surface area contributed by atoms with Gasteiger partial charge in [0.25, 0.3) is 5.91 Å². The molecule has 2 heteroatoms. The van der Waals surface area contributed by atoms with Gasteiger partial charge in [-0.1, -0.05) is 91.0 Å². The number of amides is 1. The van der Waals surface area contributed by atoms with Gasteiger partial charge in [-0.25, -0.2) is 0 Å². The molecule has 6 rings (SSSR count). The van der Waals surface area contributed by atoms with E-state index in [1.807, 2.05) is 59.5 Å². The van der Waals surface area contributed by atoms with Crippen LogP contribution in [0.4, 0.5) is 11.4 Å². The number of rotatable bonds is 3. The molecular weight excluding hydrogens is 390 g/mol. The number of hydrogen-bond donors (Lipinski definition) is 0. The maximum absolute atomic E-state index is 13.8. The number of aryl methyl sites for hydroxylation is 1. The Morgan fingerprint density at radius 1 is 0.625 bits per heavy atom. The summed E-state index contributed by atoms with van der Waals surface area (Å²) in [6.07, 6.45) is 0. The fourth-order valence-electron chi connectivity index (χ4n) is 4.87. The molecule has 32 heavy (non-hydrogen) atoms. The van der Waals surface area contributed by atoms with Gasteiger partial charge in [0.1, 0.15) is 0 Å². The Hall–Kier alpha value is -4.17. The molecule has 152 valence electrons. The summed E-state index contributed by atoms with van der Waals surface area (Å²) in [5, 5.41) is 2.15. The SMILES string of the molecule is Cc1ccc2c(-c3ccccc3)c(-c3ccccc3)cc3c2c1N(c1ccccc1)C3=O. The first-order chi connectivity index (χ1) is 15.7. The largest absolute Gasteiger partial charge is 0.276 e. The average molecular weight is 412 g/mol. The summed E-state index contributed by atoms with van der Waals surface area (Å²) < 4.78 is 0. The van der Waals surface area contributed by atoms with Crippen LogP contribution in [0.25, 0.3) is 33.0 Å². The van der Waals surface area contributed by atoms with Crippen molar-refractivity contribution in [1.29, 1.82) is 0 Å². The minimum Gasteiger partial charge on any atom is -0.276 e. The topological polar surface area (TPSA) is 20.3 Å². The van der Waals surface area contributed by atoms with Gasteiger partial charge in [-0.3, -0.25) is 9.69 Å². The van der Waals surface area contributed by atoms with Crippen molar-refractivity contribution in [3.05, 3.63) is 120 Å². The van der Waals surface area contributed by atoms with Gasteiger partial charge >= 0.3 is 0 Å². The van der Waals surface area contributed by atoms with E-state index in [1.165, 1.54) is 5.56 Å². The van der Waals surface area contributed by atoms with Crippen LogP contribution in [0.15, 0.2) is 109 Å². The Morgan fingerprint density at radius 2 is 1.22 bits per heavy atom. The molecule has 0 saturated heterocycles. The van der Waals surface area contributed by atoms with Crippen molar-refractivity contribution in [2.75, 3.05) is 4.90 Å². The van der Waals surface area contributed by atoms with Crippen molar-refractivity contribution in [3.8, 4) is 22.3 Å². The summed E-state index contributed by atoms with van der Waals surface area (Å²) in [5.41, 5.74) is 8.26. The molecule has 5 aromatic carbocycles. The summed E-state index contributed by atoms with van der Waals surface area (Å²) in [6.45, 7) is 2.08. The quantitative estimate of drug-likeness (QED) is 0.297. The second-order valence-corrected chi connectivity index (χ2v) is 8.21. The minimum atomic E-state index is 0.0299. The van der Waals surface area contributed by atoms with Crippen LogP contribution >= 0.6 is 0 Å². The summed E-state index contributed by atoms with van der Waals surface area (Å²) in [5.74, 6) is 0.0299. The van der Waals surface area contributed by atoms with Crippen LogP contribution in [-0.4, -0.2) is 5.91 Å². The molecule has 1 aliphatic heterocycles. The lowest BCUT2D eigenvalue weighted by Crippen LogP contribution is -2.21. The molecule has 1 aliphatic rings. The molecule has 1 heterocycles. The van der Waals surface area contributed by atoms with E-state index < -0.39 is 0 Å². The molecule has 1 amide bonds. The zero-order valence-corrected chi connectivity index (χ0v) is 17.7. The summed E-state index contributed by atoms with van der Waals surface area (Å²) >= 11 is 0. The third kappa shape index (κ3) is 2.70. The van der Waals surface area contributed by atoms with Crippen molar-refractivity contribution in [2.45, 2.75) is 6.92 Å². The molecule has 0 saturated carbocycles. The van der Waals surface area contributed by atoms with Gasteiger partial charge in [-0.05, 0) is 58.3 Å². The molecule has 0 bridgehead atoms. The fourth-order valence-corrected chi connectivity index (χ4v) is 4.87. The van der Waals surface area contributed by atoms with Crippen molar-refractivity contribution < 1.29 is 4.79 Å². The van der Waals surface area contributed by atoms with Gasteiger partial charge in [0, 0.05) is 11.1 Å². The summed E-state index contributed by atoms with van der Waals surface area (Å²) in [4.78, 5) is 15.7. The van der Waals surface area contributed by atoms with Crippen molar-refractivity contribution in [3.63, 3.8) is 0 Å². The lowest BCUT2D eigenvalue weighted by Gasteiger charge is -2.20. The third-order valence-corrected chi connectivity index (χ3v) is 6.30. The van der Waals surface area contributed by atoms with Crippen LogP contribution in [0.1, 0.15) is 15.9 Å². The number of anilines is 2. The highest BCUT2D eigenvalue weighted by atomic mass is 16.2. The Bertz CT molecular complexity index is 1470. The fraction of sp³-hybridized carbons (Fsp3) is 0.0333. The van der Waals surface area contributed by atoms with Crippen molar-refractivity contribution in [2.24, 2.45) is 0 Å². The highest BCUT2D eigenvalue weighted by molar-refractivity contribution is 6.31. The number of carbonyl (C=O) groups is 1. The van der Waals surface area contributed by atoms with E-state index in [0.717, 1.165) is 50.0 Å². The Morgan fingerprint density at radius 3 is 1.88 bits per heavy atom. The summed E-state index contributed by atoms with van der Waals surface area (Å²) in [7, 11) is 0. The molecule has 0 N–H and O–H groups in total. The van der Waals surface area contributed by atoms with Crippen LogP contribution in [0.5, 0.6) is 0 Å². The molecule has 0 unspecified atom stereocenters. The number of carbonyl (C=O) groups excluding carboxylic acids is 1. The third-order valence-electron chi connectivity index (χ3n) is 6.30. The molecule has 0 aromatic heterocycles. The van der Waals surface area contributed by atoms with Crippen LogP contribution in [0, 0.1) is 6.92 Å². The number of hydrogen-bond acceptors (Lipinski definition) is 1. The van der Waals surface area contributed by atoms with E-state index in [0.29, 0.717) is 0 Å². The van der Waals surface area contributed by atoms with Gasteiger partial charge in [0.05, 0.1) is 11.3 Å². The zero-order valence-electron chi connectivity index (χ0n) is 17.7. The molecule has 5 aromatic rings. The maximum atomic E-state index is 13.8. The van der Waals surface area contributed by atoms with Gasteiger partial charge in [-0.15, -0.1) is 0 Å². The smallest absolute Gasteiger partial charge is 0.263 e. The van der Waals surface area contributed by atoms with Gasteiger partial charge < -0.3 is 0 Å². The second-order valence-electron chi connectivity index (χ2n) is 8.21. The van der Waals surface area contributed by atoms with Crippen LogP contribution < -0.4 is 4.90 Å². The molecule has 0 atom stereocenters. The second kappa shape index (κ2) is 7.21. The van der Waals surface area contributed by atoms with E-state index in [4.69, 9.17) is 0 Å². The highest BCUT2D eigenvalue weighted by Crippen LogP contribution is 2.49. The van der Waals surface area contributed by atoms with E-state index in [9.17, 15) is 4.79 Å². The maximum Gasteiger partial charge on any atom is 0.263 e. The van der Waals surface area contributed by atoms with Crippen LogP contribution in [0.3, 0.4) is 0 Å². The molecule has 0 aliphatic carbocycles. The highest BCUT2D eigenvalue weighted by Gasteiger charge is 2.34. The Balaban J connectivity index is 1.74. The Kier molecular flexibility index (Phi) is 4.19. The van der Waals surface area contributed by atoms with E-state index in [-0.39, 0.29) is 5.91 Å². The number of para-hydroxylation sites is 1. The molecule has 2 nitrogen and oxygen atoms in total. The van der Waals surface area contributed by atoms with Crippen LogP contribution in [0.2, 0.25) is 0 Å². The zero-order chi connectivity index (χ0) is 21.7. The van der Waals surface area contributed by atoms with Gasteiger partial charge in [0.15, 0.2) is 0 Å². The lowest BCUT2D eigenvalue weighted by atomic mass is 9.87. The predicted molar refractivity (Wildman–Crippen MR) is 132 cm³/mol. The predicted octanol–water partition coefficient (Wildman–Crippen LogP) is 7.77. The van der Waals surface area contributed by atoms with E-state index in [2.05, 4.69) is 61.5 Å². The first-order valence-electron chi connectivity index (χ1n) is 10.8. The molecular formula is C30H21NO. The monoisotopic (exact) mass is 411 g/mol. The normalized spacial score (nSPS) is 12.5. The summed E-state index contributed by atoms with van der Waals surface area (Å²) in [6, 6.07) is 37.2. The first-order valence-corrected chi connectivity index (χ1v) is 10.8. The van der Waals surface area contributed by atoms with Gasteiger partial charge in [-0.2, -0.15) is 0 Å².